The highest BCUT2D eigenvalue weighted by Gasteiger charge is 2.18. The number of unbranched alkanes of at least 4 members (excludes halogenated alkanes) is 6. The van der Waals surface area contributed by atoms with Gasteiger partial charge in [0.1, 0.15) is 17.1 Å². The van der Waals surface area contributed by atoms with Gasteiger partial charge < -0.3 is 14.6 Å². The van der Waals surface area contributed by atoms with Crippen LogP contribution < -0.4 is 4.74 Å². The minimum absolute atomic E-state index is 0.0154. The SMILES string of the molecule is CCCCCCCCCOC(=O)c1ccc(O)cc1OC(=O)c1ccccc1. The first kappa shape index (κ1) is 21.5. The maximum absolute atomic E-state index is 12.4. The van der Waals surface area contributed by atoms with Gasteiger partial charge in [0.2, 0.25) is 0 Å². The molecule has 0 aliphatic carbocycles. The van der Waals surface area contributed by atoms with Gasteiger partial charge in [-0.2, -0.15) is 0 Å². The highest BCUT2D eigenvalue weighted by molar-refractivity contribution is 5.96. The van der Waals surface area contributed by atoms with E-state index in [1.165, 1.54) is 43.9 Å². The molecule has 0 fully saturated rings. The van der Waals surface area contributed by atoms with Gasteiger partial charge in [0.05, 0.1) is 12.2 Å². The normalized spacial score (nSPS) is 10.5. The van der Waals surface area contributed by atoms with Crippen molar-refractivity contribution in [3.63, 3.8) is 0 Å². The summed E-state index contributed by atoms with van der Waals surface area (Å²) in [6.07, 6.45) is 7.90. The summed E-state index contributed by atoms with van der Waals surface area (Å²) in [5, 5.41) is 9.69. The fourth-order valence-electron chi connectivity index (χ4n) is 2.80. The molecule has 0 unspecified atom stereocenters. The zero-order valence-electron chi connectivity index (χ0n) is 16.4. The van der Waals surface area contributed by atoms with Gasteiger partial charge in [-0.15, -0.1) is 0 Å². The van der Waals surface area contributed by atoms with Crippen molar-refractivity contribution in [2.75, 3.05) is 6.61 Å². The van der Waals surface area contributed by atoms with Gasteiger partial charge in [-0.25, -0.2) is 9.59 Å². The average molecular weight is 384 g/mol. The van der Waals surface area contributed by atoms with E-state index in [1.807, 2.05) is 0 Å². The zero-order valence-corrected chi connectivity index (χ0v) is 16.4. The maximum atomic E-state index is 12.4. The zero-order chi connectivity index (χ0) is 20.2. The molecule has 0 aliphatic rings. The molecular weight excluding hydrogens is 356 g/mol. The number of carbonyl (C=O) groups excluding carboxylic acids is 2. The number of phenols is 1. The van der Waals surface area contributed by atoms with Gasteiger partial charge in [0, 0.05) is 6.07 Å². The summed E-state index contributed by atoms with van der Waals surface area (Å²) in [6, 6.07) is 12.5. The lowest BCUT2D eigenvalue weighted by Crippen LogP contribution is -2.13. The Morgan fingerprint density at radius 1 is 0.857 bits per heavy atom. The van der Waals surface area contributed by atoms with Gasteiger partial charge in [-0.05, 0) is 30.7 Å². The third-order valence-corrected chi connectivity index (χ3v) is 4.38. The van der Waals surface area contributed by atoms with Gasteiger partial charge >= 0.3 is 11.9 Å². The molecular formula is C23H28O5. The summed E-state index contributed by atoms with van der Waals surface area (Å²) < 4.78 is 10.6. The number of phenolic OH excluding ortho intramolecular Hbond substituents is 1. The van der Waals surface area contributed by atoms with Crippen LogP contribution in [-0.4, -0.2) is 23.7 Å². The molecule has 0 heterocycles. The summed E-state index contributed by atoms with van der Waals surface area (Å²) in [4.78, 5) is 24.6. The van der Waals surface area contributed by atoms with Gasteiger partial charge in [0.15, 0.2) is 0 Å². The van der Waals surface area contributed by atoms with Crippen LogP contribution in [0.2, 0.25) is 0 Å². The average Bonchev–Trinajstić information content (AvgIpc) is 2.70. The highest BCUT2D eigenvalue weighted by atomic mass is 16.5. The smallest absolute Gasteiger partial charge is 0.343 e. The number of hydrogen-bond donors (Lipinski definition) is 1. The molecule has 5 nitrogen and oxygen atoms in total. The van der Waals surface area contributed by atoms with E-state index in [-0.39, 0.29) is 17.1 Å². The highest BCUT2D eigenvalue weighted by Crippen LogP contribution is 2.26. The predicted octanol–water partition coefficient (Wildman–Crippen LogP) is 5.52. The van der Waals surface area contributed by atoms with E-state index < -0.39 is 11.9 Å². The van der Waals surface area contributed by atoms with E-state index in [2.05, 4.69) is 6.92 Å². The van der Waals surface area contributed by atoms with Crippen molar-refractivity contribution in [2.45, 2.75) is 51.9 Å². The third kappa shape index (κ3) is 7.06. The van der Waals surface area contributed by atoms with Crippen molar-refractivity contribution < 1.29 is 24.2 Å². The first-order valence-electron chi connectivity index (χ1n) is 9.89. The number of rotatable bonds is 11. The Kier molecular flexibility index (Phi) is 9.05. The summed E-state index contributed by atoms with van der Waals surface area (Å²) in [7, 11) is 0. The van der Waals surface area contributed by atoms with E-state index >= 15 is 0 Å². The number of benzene rings is 2. The van der Waals surface area contributed by atoms with Crippen LogP contribution in [0.25, 0.3) is 0 Å². The largest absolute Gasteiger partial charge is 0.508 e. The molecule has 5 heteroatoms. The van der Waals surface area contributed by atoms with Crippen molar-refractivity contribution >= 4 is 11.9 Å². The van der Waals surface area contributed by atoms with Gasteiger partial charge in [-0.1, -0.05) is 63.6 Å². The number of aromatic hydroxyl groups is 1. The molecule has 2 aromatic carbocycles. The lowest BCUT2D eigenvalue weighted by atomic mass is 10.1. The van der Waals surface area contributed by atoms with Crippen LogP contribution >= 0.6 is 0 Å². The number of ether oxygens (including phenoxy) is 2. The lowest BCUT2D eigenvalue weighted by Gasteiger charge is -2.11. The third-order valence-electron chi connectivity index (χ3n) is 4.38. The minimum atomic E-state index is -0.604. The van der Waals surface area contributed by atoms with E-state index in [0.29, 0.717) is 12.2 Å². The van der Waals surface area contributed by atoms with Crippen LogP contribution in [0, 0.1) is 0 Å². The number of esters is 2. The van der Waals surface area contributed by atoms with Crippen molar-refractivity contribution in [1.29, 1.82) is 0 Å². The molecule has 0 saturated heterocycles. The fraction of sp³-hybridized carbons (Fsp3) is 0.391. The predicted molar refractivity (Wildman–Crippen MR) is 108 cm³/mol. The Bertz CT molecular complexity index is 755. The fourth-order valence-corrected chi connectivity index (χ4v) is 2.80. The van der Waals surface area contributed by atoms with Crippen LogP contribution in [0.5, 0.6) is 11.5 Å². The molecule has 2 rings (SSSR count). The number of carbonyl (C=O) groups is 2. The second kappa shape index (κ2) is 11.8. The summed E-state index contributed by atoms with van der Waals surface area (Å²) in [5.41, 5.74) is 0.471. The molecule has 1 N–H and O–H groups in total. The second-order valence-electron chi connectivity index (χ2n) is 6.69. The first-order chi connectivity index (χ1) is 13.6. The Morgan fingerprint density at radius 3 is 2.25 bits per heavy atom. The van der Waals surface area contributed by atoms with Gasteiger partial charge in [-0.3, -0.25) is 0 Å². The maximum Gasteiger partial charge on any atom is 0.343 e. The molecule has 0 amide bonds. The molecule has 2 aromatic rings. The molecule has 0 atom stereocenters. The lowest BCUT2D eigenvalue weighted by molar-refractivity contribution is 0.0492. The molecule has 0 bridgehead atoms. The number of hydrogen-bond acceptors (Lipinski definition) is 5. The van der Waals surface area contributed by atoms with Crippen LogP contribution in [0.1, 0.15) is 72.6 Å². The molecule has 0 spiro atoms. The van der Waals surface area contributed by atoms with E-state index in [4.69, 9.17) is 9.47 Å². The first-order valence-corrected chi connectivity index (χ1v) is 9.89. The second-order valence-corrected chi connectivity index (χ2v) is 6.69. The molecule has 150 valence electrons. The summed E-state index contributed by atoms with van der Waals surface area (Å²) in [5.74, 6) is -1.29. The van der Waals surface area contributed by atoms with Crippen molar-refractivity contribution in [2.24, 2.45) is 0 Å². The summed E-state index contributed by atoms with van der Waals surface area (Å²) in [6.45, 7) is 2.51. The monoisotopic (exact) mass is 384 g/mol. The quantitative estimate of drug-likeness (QED) is 0.314. The Hall–Kier alpha value is -2.82. The molecule has 0 saturated carbocycles. The minimum Gasteiger partial charge on any atom is -0.508 e. The van der Waals surface area contributed by atoms with Crippen LogP contribution in [0.15, 0.2) is 48.5 Å². The van der Waals surface area contributed by atoms with Crippen molar-refractivity contribution in [3.05, 3.63) is 59.7 Å². The molecule has 0 aliphatic heterocycles. The van der Waals surface area contributed by atoms with Crippen molar-refractivity contribution in [1.82, 2.24) is 0 Å². The van der Waals surface area contributed by atoms with Crippen molar-refractivity contribution in [3.8, 4) is 11.5 Å². The van der Waals surface area contributed by atoms with E-state index in [0.717, 1.165) is 19.3 Å². The van der Waals surface area contributed by atoms with Gasteiger partial charge in [0.25, 0.3) is 0 Å². The van der Waals surface area contributed by atoms with E-state index in [1.54, 1.807) is 30.3 Å². The Labute approximate surface area is 166 Å². The van der Waals surface area contributed by atoms with Crippen LogP contribution in [0.4, 0.5) is 0 Å². The van der Waals surface area contributed by atoms with E-state index in [9.17, 15) is 14.7 Å². The van der Waals surface area contributed by atoms with Crippen LogP contribution in [-0.2, 0) is 4.74 Å². The Balaban J connectivity index is 1.88. The molecule has 28 heavy (non-hydrogen) atoms. The molecule has 0 radical (unpaired) electrons. The Morgan fingerprint density at radius 2 is 1.54 bits per heavy atom. The molecule has 0 aromatic heterocycles. The summed E-state index contributed by atoms with van der Waals surface area (Å²) >= 11 is 0. The topological polar surface area (TPSA) is 72.8 Å². The van der Waals surface area contributed by atoms with Crippen LogP contribution in [0.3, 0.4) is 0 Å². The standard InChI is InChI=1S/C23H28O5/c1-2-3-4-5-6-7-11-16-27-23(26)20-15-14-19(24)17-21(20)28-22(25)18-12-9-8-10-13-18/h8-10,12-15,17,24H,2-7,11,16H2,1H3.